The molecule has 0 spiro atoms. The van der Waals surface area contributed by atoms with Crippen molar-refractivity contribution in [2.24, 2.45) is 5.92 Å². The molecule has 1 fully saturated rings. The van der Waals surface area contributed by atoms with Gasteiger partial charge in [-0.3, -0.25) is 14.6 Å². The lowest BCUT2D eigenvalue weighted by molar-refractivity contribution is -0.119. The van der Waals surface area contributed by atoms with Crippen LogP contribution in [-0.4, -0.2) is 55.8 Å². The number of amides is 1. The number of nitriles is 1. The summed E-state index contributed by atoms with van der Waals surface area (Å²) in [5.41, 5.74) is 1.71. The van der Waals surface area contributed by atoms with E-state index in [1.807, 2.05) is 19.1 Å². The van der Waals surface area contributed by atoms with Crippen molar-refractivity contribution >= 4 is 22.9 Å². The Morgan fingerprint density at radius 2 is 1.97 bits per heavy atom. The first-order valence-electron chi connectivity index (χ1n) is 13.4. The Balaban J connectivity index is 1.59. The molecule has 9 nitrogen and oxygen atoms in total. The predicted molar refractivity (Wildman–Crippen MR) is 146 cm³/mol. The Morgan fingerprint density at radius 3 is 2.64 bits per heavy atom. The van der Waals surface area contributed by atoms with Gasteiger partial charge in [0, 0.05) is 25.1 Å². The molecule has 3 aromatic heterocycles. The normalized spacial score (nSPS) is 18.4. The fraction of sp³-hybridized carbons (Fsp3) is 0.483. The third kappa shape index (κ3) is 6.79. The second kappa shape index (κ2) is 11.9. The number of aromatic nitrogens is 3. The summed E-state index contributed by atoms with van der Waals surface area (Å²) in [5.74, 6) is 0.171. The van der Waals surface area contributed by atoms with E-state index in [1.165, 1.54) is 26.2 Å². The minimum atomic E-state index is -1.64. The number of alkyl halides is 1. The monoisotopic (exact) mass is 534 g/mol. The molecule has 4 rings (SSSR count). The zero-order chi connectivity index (χ0) is 28.2. The molecule has 0 radical (unpaired) electrons. The number of halogens is 1. The first-order valence-corrected chi connectivity index (χ1v) is 13.4. The molecule has 206 valence electrons. The van der Waals surface area contributed by atoms with E-state index in [0.717, 1.165) is 31.2 Å². The highest BCUT2D eigenvalue weighted by molar-refractivity contribution is 6.00. The number of fused-ring (bicyclic) bond motifs is 1. The van der Waals surface area contributed by atoms with Gasteiger partial charge in [-0.25, -0.2) is 8.91 Å². The fourth-order valence-corrected chi connectivity index (χ4v) is 4.87. The molecule has 0 bridgehead atoms. The highest BCUT2D eigenvalue weighted by Gasteiger charge is 2.28. The Morgan fingerprint density at radius 1 is 1.23 bits per heavy atom. The van der Waals surface area contributed by atoms with Crippen molar-refractivity contribution in [3.05, 3.63) is 47.8 Å². The van der Waals surface area contributed by atoms with Crippen LogP contribution >= 0.6 is 0 Å². The average Bonchev–Trinajstić information content (AvgIpc) is 3.35. The molecule has 0 aromatic carbocycles. The molecule has 3 N–H and O–H groups in total. The minimum absolute atomic E-state index is 0.102. The minimum Gasteiger partial charge on any atom is -0.387 e. The number of Topliss-reactive ketones (excluding diaryl/α,β-unsaturated/α-hetero) is 1. The largest absolute Gasteiger partial charge is 0.387 e. The van der Waals surface area contributed by atoms with Gasteiger partial charge in [0.25, 0.3) is 5.91 Å². The molecule has 10 heteroatoms. The molecule has 1 atom stereocenters. The molecular weight excluding hydrogens is 499 g/mol. The lowest BCUT2D eigenvalue weighted by Gasteiger charge is -2.30. The van der Waals surface area contributed by atoms with Crippen LogP contribution in [0.15, 0.2) is 36.7 Å². The number of carbonyl (C=O) groups is 2. The highest BCUT2D eigenvalue weighted by Crippen LogP contribution is 2.32. The van der Waals surface area contributed by atoms with Gasteiger partial charge in [0.15, 0.2) is 0 Å². The van der Waals surface area contributed by atoms with Gasteiger partial charge < -0.3 is 15.7 Å². The highest BCUT2D eigenvalue weighted by atomic mass is 19.1. The van der Waals surface area contributed by atoms with Gasteiger partial charge in [-0.05, 0) is 69.7 Å². The fourth-order valence-electron chi connectivity index (χ4n) is 4.87. The zero-order valence-corrected chi connectivity index (χ0v) is 22.6. The van der Waals surface area contributed by atoms with E-state index >= 15 is 0 Å². The molecule has 3 heterocycles. The second-order valence-electron chi connectivity index (χ2n) is 10.8. The summed E-state index contributed by atoms with van der Waals surface area (Å²) in [6.45, 7) is 4.26. The number of carbonyl (C=O) groups excluding carboxylic acids is 2. The number of pyridine rings is 1. The lowest BCUT2D eigenvalue weighted by atomic mass is 9.82. The summed E-state index contributed by atoms with van der Waals surface area (Å²) >= 11 is 0. The van der Waals surface area contributed by atoms with Gasteiger partial charge >= 0.3 is 0 Å². The van der Waals surface area contributed by atoms with E-state index in [-0.39, 0.29) is 23.9 Å². The van der Waals surface area contributed by atoms with Gasteiger partial charge in [0.05, 0.1) is 52.1 Å². The zero-order valence-electron chi connectivity index (χ0n) is 22.6. The van der Waals surface area contributed by atoms with Crippen LogP contribution in [0.4, 0.5) is 10.1 Å². The number of aliphatic hydroxyl groups is 1. The standard InChI is InChI=1S/C29H35FN6O3/c1-4-22(37)12-18-5-7-20(8-6-18)35-24-13-25(26-10-9-21-11-19(14-31)15-34-36(21)26)32-16-23(24)28(38)33-17-27(30)29(2,3)39/h9-11,13,15-16,18,20,27,39H,4-8,12,17H2,1-3H3,(H,32,35)(H,33,38)/t18?,20?,27-/m1/s1. The smallest absolute Gasteiger partial charge is 0.255 e. The molecule has 0 aliphatic heterocycles. The predicted octanol–water partition coefficient (Wildman–Crippen LogP) is 4.45. The van der Waals surface area contributed by atoms with Gasteiger partial charge in [-0.1, -0.05) is 6.92 Å². The molecule has 0 unspecified atom stereocenters. The van der Waals surface area contributed by atoms with E-state index < -0.39 is 17.7 Å². The average molecular weight is 535 g/mol. The first kappa shape index (κ1) is 28.2. The number of hydrogen-bond donors (Lipinski definition) is 3. The number of nitrogens with one attached hydrogen (secondary N) is 2. The molecular formula is C29H35FN6O3. The van der Waals surface area contributed by atoms with Crippen molar-refractivity contribution < 1.29 is 19.1 Å². The maximum atomic E-state index is 14.3. The van der Waals surface area contributed by atoms with E-state index in [1.54, 1.807) is 16.6 Å². The van der Waals surface area contributed by atoms with Gasteiger partial charge in [-0.2, -0.15) is 10.4 Å². The van der Waals surface area contributed by atoms with Crippen LogP contribution in [0.5, 0.6) is 0 Å². The molecule has 0 saturated heterocycles. The van der Waals surface area contributed by atoms with Crippen molar-refractivity contribution in [3.63, 3.8) is 0 Å². The van der Waals surface area contributed by atoms with Crippen LogP contribution in [0.1, 0.15) is 75.2 Å². The molecule has 1 aliphatic rings. The van der Waals surface area contributed by atoms with Crippen molar-refractivity contribution in [1.29, 1.82) is 5.26 Å². The summed E-state index contributed by atoms with van der Waals surface area (Å²) in [4.78, 5) is 29.5. The lowest BCUT2D eigenvalue weighted by Crippen LogP contribution is -2.42. The number of nitrogens with zero attached hydrogens (tertiary/aromatic N) is 4. The number of hydrogen-bond acceptors (Lipinski definition) is 7. The quantitative estimate of drug-likeness (QED) is 0.350. The van der Waals surface area contributed by atoms with E-state index in [0.29, 0.717) is 41.4 Å². The maximum absolute atomic E-state index is 14.3. The van der Waals surface area contributed by atoms with E-state index in [2.05, 4.69) is 26.8 Å². The summed E-state index contributed by atoms with van der Waals surface area (Å²) < 4.78 is 16.0. The van der Waals surface area contributed by atoms with Gasteiger partial charge in [0.2, 0.25) is 0 Å². The van der Waals surface area contributed by atoms with Crippen molar-refractivity contribution in [3.8, 4) is 17.5 Å². The SMILES string of the molecule is CCC(=O)CC1CCC(Nc2cc(-c3ccc4cc(C#N)cnn34)ncc2C(=O)NC[C@@H](F)C(C)(C)O)CC1. The number of ketones is 1. The molecule has 1 saturated carbocycles. The van der Waals surface area contributed by atoms with Crippen molar-refractivity contribution in [2.45, 2.75) is 77.1 Å². The topological polar surface area (TPSA) is 132 Å². The molecule has 3 aromatic rings. The van der Waals surface area contributed by atoms with Crippen LogP contribution in [0.25, 0.3) is 16.9 Å². The van der Waals surface area contributed by atoms with E-state index in [9.17, 15) is 24.3 Å². The van der Waals surface area contributed by atoms with Crippen molar-refractivity contribution in [2.75, 3.05) is 11.9 Å². The molecule has 39 heavy (non-hydrogen) atoms. The second-order valence-corrected chi connectivity index (χ2v) is 10.8. The Hall–Kier alpha value is -3.84. The Bertz CT molecular complexity index is 1380. The summed E-state index contributed by atoms with van der Waals surface area (Å²) in [6, 6.07) is 9.39. The first-order chi connectivity index (χ1) is 18.6. The van der Waals surface area contributed by atoms with Crippen molar-refractivity contribution in [1.82, 2.24) is 19.9 Å². The summed E-state index contributed by atoms with van der Waals surface area (Å²) in [7, 11) is 0. The van der Waals surface area contributed by atoms with Crippen LogP contribution in [0.2, 0.25) is 0 Å². The van der Waals surface area contributed by atoms with Crippen LogP contribution in [0, 0.1) is 17.2 Å². The number of anilines is 1. The Kier molecular flexibility index (Phi) is 8.60. The molecule has 1 aliphatic carbocycles. The van der Waals surface area contributed by atoms with Crippen LogP contribution in [-0.2, 0) is 4.79 Å². The third-order valence-corrected chi connectivity index (χ3v) is 7.37. The van der Waals surface area contributed by atoms with Gasteiger partial charge in [-0.15, -0.1) is 0 Å². The van der Waals surface area contributed by atoms with Crippen LogP contribution in [0.3, 0.4) is 0 Å². The molecule has 1 amide bonds. The van der Waals surface area contributed by atoms with Crippen LogP contribution < -0.4 is 10.6 Å². The third-order valence-electron chi connectivity index (χ3n) is 7.37. The maximum Gasteiger partial charge on any atom is 0.255 e. The van der Waals surface area contributed by atoms with Gasteiger partial charge in [0.1, 0.15) is 18.0 Å². The van der Waals surface area contributed by atoms with E-state index in [4.69, 9.17) is 0 Å². The summed E-state index contributed by atoms with van der Waals surface area (Å²) in [6.07, 6.45) is 6.04. The number of rotatable bonds is 10. The summed E-state index contributed by atoms with van der Waals surface area (Å²) in [5, 5.41) is 29.5. The Labute approximate surface area is 227 Å².